The van der Waals surface area contributed by atoms with Gasteiger partial charge in [-0.1, -0.05) is 29.8 Å². The molecule has 29 heavy (non-hydrogen) atoms. The van der Waals surface area contributed by atoms with Gasteiger partial charge in [0.25, 0.3) is 5.91 Å². The number of fused-ring (bicyclic) bond motifs is 1. The molecule has 0 saturated heterocycles. The number of amides is 1. The van der Waals surface area contributed by atoms with E-state index < -0.39 is 17.7 Å². The van der Waals surface area contributed by atoms with Crippen LogP contribution in [0, 0.1) is 5.82 Å². The van der Waals surface area contributed by atoms with Gasteiger partial charge in [0.05, 0.1) is 21.8 Å². The van der Waals surface area contributed by atoms with Gasteiger partial charge in [0.2, 0.25) is 6.79 Å². The number of carbonyl (C=O) groups is 2. The summed E-state index contributed by atoms with van der Waals surface area (Å²) in [6.07, 6.45) is 0. The fraction of sp³-hybridized carbons (Fsp3) is 0.0476. The third-order valence-electron chi connectivity index (χ3n) is 4.39. The van der Waals surface area contributed by atoms with Crippen LogP contribution in [0.1, 0.15) is 20.7 Å². The van der Waals surface area contributed by atoms with Gasteiger partial charge < -0.3 is 19.9 Å². The van der Waals surface area contributed by atoms with Crippen molar-refractivity contribution in [3.8, 4) is 22.6 Å². The van der Waals surface area contributed by atoms with E-state index in [4.69, 9.17) is 21.1 Å². The number of hydrogen-bond donors (Lipinski definition) is 2. The van der Waals surface area contributed by atoms with Crippen molar-refractivity contribution in [3.63, 3.8) is 0 Å². The van der Waals surface area contributed by atoms with E-state index in [-0.39, 0.29) is 28.6 Å². The number of rotatable bonds is 4. The molecule has 0 atom stereocenters. The smallest absolute Gasteiger partial charge is 0.336 e. The van der Waals surface area contributed by atoms with Crippen LogP contribution in [0.25, 0.3) is 11.1 Å². The number of carboxylic acids is 1. The molecule has 3 aromatic carbocycles. The van der Waals surface area contributed by atoms with Crippen molar-refractivity contribution in [1.82, 2.24) is 0 Å². The van der Waals surface area contributed by atoms with E-state index in [1.165, 1.54) is 36.4 Å². The Bertz CT molecular complexity index is 1120. The summed E-state index contributed by atoms with van der Waals surface area (Å²) in [5.74, 6) is -1.66. The minimum absolute atomic E-state index is 0.0289. The fourth-order valence-electron chi connectivity index (χ4n) is 2.98. The Morgan fingerprint density at radius 1 is 0.966 bits per heavy atom. The summed E-state index contributed by atoms with van der Waals surface area (Å²) in [6, 6.07) is 13.5. The highest BCUT2D eigenvalue weighted by Crippen LogP contribution is 2.38. The first-order valence-electron chi connectivity index (χ1n) is 8.47. The molecule has 1 heterocycles. The molecule has 1 amide bonds. The minimum Gasteiger partial charge on any atom is -0.478 e. The molecule has 0 fully saturated rings. The summed E-state index contributed by atoms with van der Waals surface area (Å²) < 4.78 is 25.3. The van der Waals surface area contributed by atoms with Crippen LogP contribution in [0.3, 0.4) is 0 Å². The number of hydrogen-bond acceptors (Lipinski definition) is 4. The lowest BCUT2D eigenvalue weighted by Crippen LogP contribution is -2.17. The molecule has 6 nitrogen and oxygen atoms in total. The number of carbonyl (C=O) groups excluding carboxylic acids is 1. The molecule has 0 spiro atoms. The van der Waals surface area contributed by atoms with Crippen LogP contribution >= 0.6 is 11.6 Å². The third kappa shape index (κ3) is 3.60. The lowest BCUT2D eigenvalue weighted by Gasteiger charge is -2.12. The molecule has 0 saturated carbocycles. The summed E-state index contributed by atoms with van der Waals surface area (Å²) in [4.78, 5) is 23.8. The summed E-state index contributed by atoms with van der Waals surface area (Å²) in [5, 5.41) is 11.5. The average molecular weight is 414 g/mol. The van der Waals surface area contributed by atoms with Crippen LogP contribution < -0.4 is 14.8 Å². The second-order valence-corrected chi connectivity index (χ2v) is 6.59. The van der Waals surface area contributed by atoms with Gasteiger partial charge in [-0.05, 0) is 47.5 Å². The van der Waals surface area contributed by atoms with Gasteiger partial charge in [-0.25, -0.2) is 9.18 Å². The second-order valence-electron chi connectivity index (χ2n) is 6.19. The van der Waals surface area contributed by atoms with Crippen LogP contribution in [-0.4, -0.2) is 23.8 Å². The predicted octanol–water partition coefficient (Wildman–Crippen LogP) is 4.83. The van der Waals surface area contributed by atoms with Gasteiger partial charge in [0.15, 0.2) is 11.5 Å². The Kier molecular flexibility index (Phi) is 4.82. The van der Waals surface area contributed by atoms with Gasteiger partial charge in [0.1, 0.15) is 5.82 Å². The Morgan fingerprint density at radius 2 is 1.69 bits per heavy atom. The summed E-state index contributed by atoms with van der Waals surface area (Å²) in [6.45, 7) is 0.122. The predicted molar refractivity (Wildman–Crippen MR) is 104 cm³/mol. The van der Waals surface area contributed by atoms with E-state index in [0.717, 1.165) is 0 Å². The molecule has 8 heteroatoms. The molecular formula is C21H13ClFNO5. The van der Waals surface area contributed by atoms with Crippen molar-refractivity contribution in [2.75, 3.05) is 12.1 Å². The maximum Gasteiger partial charge on any atom is 0.336 e. The van der Waals surface area contributed by atoms with Crippen molar-refractivity contribution in [2.45, 2.75) is 0 Å². The summed E-state index contributed by atoms with van der Waals surface area (Å²) >= 11 is 6.21. The van der Waals surface area contributed by atoms with E-state index >= 15 is 0 Å². The molecule has 146 valence electrons. The van der Waals surface area contributed by atoms with Crippen molar-refractivity contribution in [1.29, 1.82) is 0 Å². The Morgan fingerprint density at radius 3 is 2.41 bits per heavy atom. The summed E-state index contributed by atoms with van der Waals surface area (Å²) in [5.41, 5.74) is 0.606. The highest BCUT2D eigenvalue weighted by atomic mass is 35.5. The van der Waals surface area contributed by atoms with Crippen LogP contribution in [-0.2, 0) is 0 Å². The van der Waals surface area contributed by atoms with Crippen molar-refractivity contribution in [3.05, 3.63) is 76.6 Å². The zero-order valence-corrected chi connectivity index (χ0v) is 15.5. The molecule has 0 radical (unpaired) electrons. The van der Waals surface area contributed by atoms with Crippen LogP contribution in [0.2, 0.25) is 5.02 Å². The Balaban J connectivity index is 1.65. The molecule has 2 N–H and O–H groups in total. The normalized spacial score (nSPS) is 11.9. The zero-order valence-electron chi connectivity index (χ0n) is 14.7. The Labute approximate surface area is 169 Å². The largest absolute Gasteiger partial charge is 0.478 e. The van der Waals surface area contributed by atoms with E-state index in [2.05, 4.69) is 5.32 Å². The highest BCUT2D eigenvalue weighted by Gasteiger charge is 2.20. The van der Waals surface area contributed by atoms with E-state index in [1.54, 1.807) is 18.2 Å². The Hall–Kier alpha value is -3.58. The third-order valence-corrected chi connectivity index (χ3v) is 4.69. The van der Waals surface area contributed by atoms with Gasteiger partial charge in [-0.3, -0.25) is 4.79 Å². The molecular weight excluding hydrogens is 401 g/mol. The van der Waals surface area contributed by atoms with Gasteiger partial charge in [-0.2, -0.15) is 0 Å². The molecule has 0 unspecified atom stereocenters. The number of ether oxygens (including phenoxy) is 2. The first-order chi connectivity index (χ1) is 13.9. The fourth-order valence-corrected chi connectivity index (χ4v) is 3.24. The molecule has 3 aromatic rings. The van der Waals surface area contributed by atoms with E-state index in [1.807, 2.05) is 0 Å². The lowest BCUT2D eigenvalue weighted by atomic mass is 10.0. The van der Waals surface area contributed by atoms with E-state index in [0.29, 0.717) is 22.6 Å². The van der Waals surface area contributed by atoms with Crippen molar-refractivity contribution >= 4 is 29.2 Å². The molecule has 4 rings (SSSR count). The van der Waals surface area contributed by atoms with E-state index in [9.17, 15) is 19.1 Å². The SMILES string of the molecule is O=C(O)c1ccccc1C(=O)Nc1c(F)cc(-c2ccc3c(c2)OCO3)cc1Cl. The molecule has 0 aliphatic carbocycles. The monoisotopic (exact) mass is 413 g/mol. The molecule has 1 aliphatic rings. The minimum atomic E-state index is -1.26. The maximum atomic E-state index is 14.7. The first kappa shape index (κ1) is 18.8. The number of anilines is 1. The molecule has 0 aromatic heterocycles. The standard InChI is InChI=1S/C21H13ClFNO5/c22-15-7-12(11-5-6-17-18(9-11)29-10-28-17)8-16(23)19(15)24-20(25)13-3-1-2-4-14(13)21(26)27/h1-9H,10H2,(H,24,25)(H,26,27). The van der Waals surface area contributed by atoms with Crippen molar-refractivity contribution in [2.24, 2.45) is 0 Å². The molecule has 0 bridgehead atoms. The second kappa shape index (κ2) is 7.44. The van der Waals surface area contributed by atoms with Crippen LogP contribution in [0.15, 0.2) is 54.6 Å². The number of aromatic carboxylic acids is 1. The van der Waals surface area contributed by atoms with Gasteiger partial charge >= 0.3 is 5.97 Å². The lowest BCUT2D eigenvalue weighted by molar-refractivity contribution is 0.0692. The number of benzene rings is 3. The van der Waals surface area contributed by atoms with Crippen molar-refractivity contribution < 1.29 is 28.6 Å². The van der Waals surface area contributed by atoms with Crippen LogP contribution in [0.4, 0.5) is 10.1 Å². The highest BCUT2D eigenvalue weighted by molar-refractivity contribution is 6.34. The number of halogens is 2. The average Bonchev–Trinajstić information content (AvgIpc) is 3.18. The summed E-state index contributed by atoms with van der Waals surface area (Å²) in [7, 11) is 0. The topological polar surface area (TPSA) is 84.9 Å². The van der Waals surface area contributed by atoms with Gasteiger partial charge in [-0.15, -0.1) is 0 Å². The van der Waals surface area contributed by atoms with Gasteiger partial charge in [0, 0.05) is 0 Å². The number of carboxylic acid groups (broad SMARTS) is 1. The first-order valence-corrected chi connectivity index (χ1v) is 8.84. The zero-order chi connectivity index (χ0) is 20.5. The van der Waals surface area contributed by atoms with Crippen LogP contribution in [0.5, 0.6) is 11.5 Å². The number of nitrogens with one attached hydrogen (secondary N) is 1. The quantitative estimate of drug-likeness (QED) is 0.640. The maximum absolute atomic E-state index is 14.7. The molecule has 1 aliphatic heterocycles.